The summed E-state index contributed by atoms with van der Waals surface area (Å²) in [5.74, 6) is 0.860. The van der Waals surface area contributed by atoms with Gasteiger partial charge >= 0.3 is 0 Å². The summed E-state index contributed by atoms with van der Waals surface area (Å²) in [6.45, 7) is 7.53. The fourth-order valence-electron chi connectivity index (χ4n) is 3.06. The van der Waals surface area contributed by atoms with Crippen LogP contribution in [0.25, 0.3) is 0 Å². The maximum atomic E-state index is 8.95. The number of ether oxygens (including phenoxy) is 1. The number of nitrogens with one attached hydrogen (secondary N) is 1. The Labute approximate surface area is 156 Å². The Morgan fingerprint density at radius 3 is 1.76 bits per heavy atom. The largest absolute Gasteiger partial charge is 0.396 e. The van der Waals surface area contributed by atoms with Crippen LogP contribution in [0.5, 0.6) is 0 Å². The second kappa shape index (κ2) is 20.2. The van der Waals surface area contributed by atoms with Crippen molar-refractivity contribution in [1.82, 2.24) is 5.32 Å². The van der Waals surface area contributed by atoms with Gasteiger partial charge in [0, 0.05) is 32.5 Å². The van der Waals surface area contributed by atoms with Gasteiger partial charge in [0.05, 0.1) is 0 Å². The first kappa shape index (κ1) is 24.8. The van der Waals surface area contributed by atoms with Gasteiger partial charge in [-0.15, -0.1) is 0 Å². The first-order valence-corrected chi connectivity index (χ1v) is 10.7. The summed E-state index contributed by atoms with van der Waals surface area (Å²) in [6.07, 6.45) is 14.6. The van der Waals surface area contributed by atoms with Crippen molar-refractivity contribution in [3.05, 3.63) is 0 Å². The Balaban J connectivity index is 3.16. The SMILES string of the molecule is CC(C)CCCCCCCCCCOCCCNC(CCO)CCO. The normalized spacial score (nSPS) is 11.8. The van der Waals surface area contributed by atoms with E-state index in [0.717, 1.165) is 32.1 Å². The molecule has 0 bridgehead atoms. The van der Waals surface area contributed by atoms with E-state index in [0.29, 0.717) is 12.8 Å². The van der Waals surface area contributed by atoms with E-state index in [9.17, 15) is 0 Å². The number of aliphatic hydroxyl groups is 2. The monoisotopic (exact) mass is 359 g/mol. The molecule has 0 aliphatic rings. The molecular formula is C21H45NO3. The Morgan fingerprint density at radius 1 is 0.680 bits per heavy atom. The van der Waals surface area contributed by atoms with Crippen LogP contribution < -0.4 is 5.32 Å². The fourth-order valence-corrected chi connectivity index (χ4v) is 3.06. The van der Waals surface area contributed by atoms with E-state index < -0.39 is 0 Å². The predicted molar refractivity (Wildman–Crippen MR) is 107 cm³/mol. The quantitative estimate of drug-likeness (QED) is 0.284. The minimum Gasteiger partial charge on any atom is -0.396 e. The second-order valence-electron chi connectivity index (χ2n) is 7.65. The minimum atomic E-state index is 0.173. The van der Waals surface area contributed by atoms with E-state index in [4.69, 9.17) is 14.9 Å². The molecule has 0 amide bonds. The van der Waals surface area contributed by atoms with E-state index >= 15 is 0 Å². The van der Waals surface area contributed by atoms with E-state index in [-0.39, 0.29) is 19.3 Å². The van der Waals surface area contributed by atoms with Crippen LogP contribution in [-0.4, -0.2) is 49.2 Å². The topological polar surface area (TPSA) is 61.7 Å². The van der Waals surface area contributed by atoms with Gasteiger partial charge in [-0.1, -0.05) is 65.2 Å². The third-order valence-electron chi connectivity index (χ3n) is 4.67. The average Bonchev–Trinajstić information content (AvgIpc) is 2.58. The molecule has 4 heteroatoms. The van der Waals surface area contributed by atoms with Gasteiger partial charge in [-0.05, 0) is 38.1 Å². The molecule has 152 valence electrons. The standard InChI is InChI=1S/C21H45NO3/c1-20(2)12-9-7-5-3-4-6-8-10-18-25-19-11-15-22-21(13-16-23)14-17-24/h20-24H,3-19H2,1-2H3. The number of rotatable bonds is 20. The molecule has 0 saturated heterocycles. The van der Waals surface area contributed by atoms with E-state index in [1.54, 1.807) is 0 Å². The lowest BCUT2D eigenvalue weighted by Gasteiger charge is -2.16. The number of unbranched alkanes of at least 4 members (excludes halogenated alkanes) is 7. The molecule has 0 aromatic rings. The maximum Gasteiger partial charge on any atom is 0.0478 e. The van der Waals surface area contributed by atoms with Gasteiger partial charge < -0.3 is 20.3 Å². The van der Waals surface area contributed by atoms with Crippen LogP contribution in [0, 0.1) is 5.92 Å². The highest BCUT2D eigenvalue weighted by molar-refractivity contribution is 4.65. The van der Waals surface area contributed by atoms with Crippen molar-refractivity contribution in [1.29, 1.82) is 0 Å². The summed E-state index contributed by atoms with van der Waals surface area (Å²) < 4.78 is 5.68. The average molecular weight is 360 g/mol. The van der Waals surface area contributed by atoms with Gasteiger partial charge in [-0.2, -0.15) is 0 Å². The van der Waals surface area contributed by atoms with Crippen LogP contribution >= 0.6 is 0 Å². The highest BCUT2D eigenvalue weighted by Crippen LogP contribution is 2.12. The summed E-state index contributed by atoms with van der Waals surface area (Å²) in [4.78, 5) is 0. The Kier molecular flexibility index (Phi) is 20.0. The van der Waals surface area contributed by atoms with Gasteiger partial charge in [0.25, 0.3) is 0 Å². The van der Waals surface area contributed by atoms with Crippen molar-refractivity contribution in [2.75, 3.05) is 33.0 Å². The third kappa shape index (κ3) is 20.0. The number of hydrogen-bond donors (Lipinski definition) is 3. The lowest BCUT2D eigenvalue weighted by atomic mass is 10.0. The van der Waals surface area contributed by atoms with Crippen molar-refractivity contribution >= 4 is 0 Å². The highest BCUT2D eigenvalue weighted by atomic mass is 16.5. The summed E-state index contributed by atoms with van der Waals surface area (Å²) in [5, 5.41) is 21.3. The van der Waals surface area contributed by atoms with Gasteiger partial charge in [0.15, 0.2) is 0 Å². The molecule has 0 aliphatic carbocycles. The molecule has 0 heterocycles. The molecule has 0 saturated carbocycles. The van der Waals surface area contributed by atoms with Crippen molar-refractivity contribution in [3.63, 3.8) is 0 Å². The summed E-state index contributed by atoms with van der Waals surface area (Å²) in [6, 6.07) is 0.223. The zero-order valence-electron chi connectivity index (χ0n) is 17.0. The number of hydrogen-bond acceptors (Lipinski definition) is 4. The molecular weight excluding hydrogens is 314 g/mol. The third-order valence-corrected chi connectivity index (χ3v) is 4.67. The minimum absolute atomic E-state index is 0.173. The molecule has 4 nitrogen and oxygen atoms in total. The fraction of sp³-hybridized carbons (Fsp3) is 1.00. The molecule has 0 atom stereocenters. The van der Waals surface area contributed by atoms with Crippen molar-refractivity contribution in [2.45, 2.75) is 96.9 Å². The summed E-state index contributed by atoms with van der Waals surface area (Å²) in [5.41, 5.74) is 0. The van der Waals surface area contributed by atoms with Crippen LogP contribution in [0.15, 0.2) is 0 Å². The molecule has 0 fully saturated rings. The van der Waals surface area contributed by atoms with Crippen LogP contribution in [0.3, 0.4) is 0 Å². The molecule has 0 rings (SSSR count). The maximum absolute atomic E-state index is 8.95. The molecule has 0 unspecified atom stereocenters. The van der Waals surface area contributed by atoms with Crippen molar-refractivity contribution in [3.8, 4) is 0 Å². The second-order valence-corrected chi connectivity index (χ2v) is 7.65. The zero-order valence-corrected chi connectivity index (χ0v) is 17.0. The van der Waals surface area contributed by atoms with Crippen molar-refractivity contribution < 1.29 is 14.9 Å². The predicted octanol–water partition coefficient (Wildman–Crippen LogP) is 4.28. The zero-order chi connectivity index (χ0) is 18.6. The molecule has 3 N–H and O–H groups in total. The van der Waals surface area contributed by atoms with Crippen LogP contribution in [0.1, 0.15) is 90.9 Å². The van der Waals surface area contributed by atoms with Crippen LogP contribution in [0.2, 0.25) is 0 Å². The van der Waals surface area contributed by atoms with Gasteiger partial charge in [0.1, 0.15) is 0 Å². The lowest BCUT2D eigenvalue weighted by molar-refractivity contribution is 0.126. The van der Waals surface area contributed by atoms with Crippen molar-refractivity contribution in [2.24, 2.45) is 5.92 Å². The Morgan fingerprint density at radius 2 is 1.20 bits per heavy atom. The Bertz CT molecular complexity index is 243. The molecule has 0 spiro atoms. The first-order chi connectivity index (χ1) is 12.2. The molecule has 0 aliphatic heterocycles. The molecule has 0 aromatic heterocycles. The van der Waals surface area contributed by atoms with Gasteiger partial charge in [-0.3, -0.25) is 0 Å². The lowest BCUT2D eigenvalue weighted by Crippen LogP contribution is -2.32. The van der Waals surface area contributed by atoms with E-state index in [1.165, 1.54) is 57.8 Å². The Hall–Kier alpha value is -0.160. The summed E-state index contributed by atoms with van der Waals surface area (Å²) >= 11 is 0. The van der Waals surface area contributed by atoms with Gasteiger partial charge in [0.2, 0.25) is 0 Å². The molecule has 25 heavy (non-hydrogen) atoms. The van der Waals surface area contributed by atoms with Crippen LogP contribution in [0.4, 0.5) is 0 Å². The highest BCUT2D eigenvalue weighted by Gasteiger charge is 2.05. The number of aliphatic hydroxyl groups excluding tert-OH is 2. The van der Waals surface area contributed by atoms with E-state index in [2.05, 4.69) is 19.2 Å². The van der Waals surface area contributed by atoms with Crippen LogP contribution in [-0.2, 0) is 4.74 Å². The first-order valence-electron chi connectivity index (χ1n) is 10.7. The van der Waals surface area contributed by atoms with Gasteiger partial charge in [-0.25, -0.2) is 0 Å². The molecule has 0 aromatic carbocycles. The molecule has 0 radical (unpaired) electrons. The van der Waals surface area contributed by atoms with E-state index in [1.807, 2.05) is 0 Å². The summed E-state index contributed by atoms with van der Waals surface area (Å²) in [7, 11) is 0. The smallest absolute Gasteiger partial charge is 0.0478 e.